The molecule has 1 N–H and O–H groups in total. The van der Waals surface area contributed by atoms with Crippen LogP contribution in [0.25, 0.3) is 0 Å². The van der Waals surface area contributed by atoms with Crippen molar-refractivity contribution in [2.45, 2.75) is 45.6 Å². The minimum absolute atomic E-state index is 0.428. The summed E-state index contributed by atoms with van der Waals surface area (Å²) in [7, 11) is 4.27. The predicted molar refractivity (Wildman–Crippen MR) is 84.6 cm³/mol. The van der Waals surface area contributed by atoms with Crippen molar-refractivity contribution in [3.63, 3.8) is 0 Å². The Hall–Kier alpha value is -0.860. The molecular weight excluding hydrogens is 232 g/mol. The van der Waals surface area contributed by atoms with Gasteiger partial charge in [0.15, 0.2) is 0 Å². The van der Waals surface area contributed by atoms with Crippen LogP contribution < -0.4 is 5.32 Å². The molecule has 2 nitrogen and oxygen atoms in total. The Kier molecular flexibility index (Phi) is 7.76. The Morgan fingerprint density at radius 2 is 1.79 bits per heavy atom. The lowest BCUT2D eigenvalue weighted by atomic mass is 10.0. The number of aryl methyl sites for hydroxylation is 1. The highest BCUT2D eigenvalue weighted by molar-refractivity contribution is 5.25. The SMILES string of the molecule is CCCCN(C)CC(NC)c1ccc(CCC)cc1. The highest BCUT2D eigenvalue weighted by Gasteiger charge is 2.11. The molecule has 1 atom stereocenters. The van der Waals surface area contributed by atoms with E-state index in [9.17, 15) is 0 Å². The molecule has 1 rings (SSSR count). The van der Waals surface area contributed by atoms with E-state index in [1.807, 2.05) is 0 Å². The number of benzene rings is 1. The van der Waals surface area contributed by atoms with Crippen LogP contribution in [-0.2, 0) is 6.42 Å². The van der Waals surface area contributed by atoms with Crippen molar-refractivity contribution < 1.29 is 0 Å². The molecule has 19 heavy (non-hydrogen) atoms. The fourth-order valence-corrected chi connectivity index (χ4v) is 2.40. The van der Waals surface area contributed by atoms with Crippen LogP contribution in [-0.4, -0.2) is 32.1 Å². The van der Waals surface area contributed by atoms with E-state index in [1.165, 1.54) is 43.4 Å². The second-order valence-electron chi connectivity index (χ2n) is 5.45. The van der Waals surface area contributed by atoms with Gasteiger partial charge >= 0.3 is 0 Å². The zero-order valence-electron chi connectivity index (χ0n) is 13.1. The molecule has 1 aromatic carbocycles. The van der Waals surface area contributed by atoms with Gasteiger partial charge in [0, 0.05) is 12.6 Å². The number of hydrogen-bond acceptors (Lipinski definition) is 2. The molecule has 0 fully saturated rings. The zero-order chi connectivity index (χ0) is 14.1. The van der Waals surface area contributed by atoms with Gasteiger partial charge < -0.3 is 10.2 Å². The summed E-state index contributed by atoms with van der Waals surface area (Å²) in [4.78, 5) is 2.42. The molecule has 1 unspecified atom stereocenters. The Morgan fingerprint density at radius 3 is 2.32 bits per heavy atom. The van der Waals surface area contributed by atoms with Crippen molar-refractivity contribution in [3.05, 3.63) is 35.4 Å². The van der Waals surface area contributed by atoms with Gasteiger partial charge in [-0.3, -0.25) is 0 Å². The average molecular weight is 262 g/mol. The van der Waals surface area contributed by atoms with Gasteiger partial charge in [-0.05, 0) is 44.6 Å². The standard InChI is InChI=1S/C17H30N2/c1-5-7-13-19(4)14-17(18-3)16-11-9-15(8-6-2)10-12-16/h9-12,17-18H,5-8,13-14H2,1-4H3. The van der Waals surface area contributed by atoms with Crippen molar-refractivity contribution in [2.24, 2.45) is 0 Å². The summed E-state index contributed by atoms with van der Waals surface area (Å²) < 4.78 is 0. The highest BCUT2D eigenvalue weighted by Crippen LogP contribution is 2.15. The van der Waals surface area contributed by atoms with E-state index >= 15 is 0 Å². The maximum absolute atomic E-state index is 3.44. The van der Waals surface area contributed by atoms with Crippen molar-refractivity contribution in [1.29, 1.82) is 0 Å². The van der Waals surface area contributed by atoms with Gasteiger partial charge in [-0.1, -0.05) is 51.0 Å². The van der Waals surface area contributed by atoms with Crippen molar-refractivity contribution in [3.8, 4) is 0 Å². The Labute approximate surface area is 119 Å². The minimum atomic E-state index is 0.428. The Balaban J connectivity index is 2.58. The second kappa shape index (κ2) is 9.11. The van der Waals surface area contributed by atoms with Crippen molar-refractivity contribution in [1.82, 2.24) is 10.2 Å². The first-order chi connectivity index (χ1) is 9.21. The summed E-state index contributed by atoms with van der Waals surface area (Å²) in [5, 5.41) is 3.44. The van der Waals surface area contributed by atoms with Gasteiger partial charge in [-0.25, -0.2) is 0 Å². The summed E-state index contributed by atoms with van der Waals surface area (Å²) in [6.45, 7) is 6.73. The Morgan fingerprint density at radius 1 is 1.11 bits per heavy atom. The molecule has 1 aromatic rings. The lowest BCUT2D eigenvalue weighted by Crippen LogP contribution is -2.31. The molecule has 0 aromatic heterocycles. The number of likely N-dealkylation sites (N-methyl/N-ethyl adjacent to an activating group) is 2. The maximum Gasteiger partial charge on any atom is 0.0446 e. The number of nitrogens with one attached hydrogen (secondary N) is 1. The van der Waals surface area contributed by atoms with Crippen molar-refractivity contribution in [2.75, 3.05) is 27.2 Å². The number of nitrogens with zero attached hydrogens (tertiary/aromatic N) is 1. The molecule has 0 saturated heterocycles. The third-order valence-corrected chi connectivity index (χ3v) is 3.66. The summed E-state index contributed by atoms with van der Waals surface area (Å²) in [5.41, 5.74) is 2.84. The Bertz CT molecular complexity index is 332. The van der Waals surface area contributed by atoms with E-state index in [4.69, 9.17) is 0 Å². The number of unbranched alkanes of at least 4 members (excludes halogenated alkanes) is 1. The molecule has 0 aliphatic heterocycles. The van der Waals surface area contributed by atoms with E-state index in [0.717, 1.165) is 6.54 Å². The van der Waals surface area contributed by atoms with E-state index in [1.54, 1.807) is 0 Å². The topological polar surface area (TPSA) is 15.3 Å². The van der Waals surface area contributed by atoms with Gasteiger partial charge in [0.05, 0.1) is 0 Å². The van der Waals surface area contributed by atoms with E-state index in [-0.39, 0.29) is 0 Å². The fraction of sp³-hybridized carbons (Fsp3) is 0.647. The molecule has 0 aliphatic carbocycles. The lowest BCUT2D eigenvalue weighted by Gasteiger charge is -2.24. The molecule has 0 heterocycles. The molecule has 0 amide bonds. The van der Waals surface area contributed by atoms with E-state index in [2.05, 4.69) is 62.4 Å². The zero-order valence-corrected chi connectivity index (χ0v) is 13.1. The first-order valence-corrected chi connectivity index (χ1v) is 7.65. The second-order valence-corrected chi connectivity index (χ2v) is 5.45. The van der Waals surface area contributed by atoms with Crippen LogP contribution in [0.4, 0.5) is 0 Å². The quantitative estimate of drug-likeness (QED) is 0.731. The first-order valence-electron chi connectivity index (χ1n) is 7.65. The molecular formula is C17H30N2. The van der Waals surface area contributed by atoms with Gasteiger partial charge in [0.25, 0.3) is 0 Å². The molecule has 108 valence electrons. The van der Waals surface area contributed by atoms with Gasteiger partial charge in [-0.15, -0.1) is 0 Å². The summed E-state index contributed by atoms with van der Waals surface area (Å²) >= 11 is 0. The predicted octanol–water partition coefficient (Wildman–Crippen LogP) is 3.63. The molecule has 0 bridgehead atoms. The maximum atomic E-state index is 3.44. The normalized spacial score (nSPS) is 12.9. The van der Waals surface area contributed by atoms with Crippen LogP contribution in [0.5, 0.6) is 0 Å². The molecule has 0 spiro atoms. The fourth-order valence-electron chi connectivity index (χ4n) is 2.40. The smallest absolute Gasteiger partial charge is 0.0446 e. The molecule has 0 radical (unpaired) electrons. The van der Waals surface area contributed by atoms with E-state index < -0.39 is 0 Å². The molecule has 2 heteroatoms. The average Bonchev–Trinajstić information content (AvgIpc) is 2.44. The molecule has 0 aliphatic rings. The minimum Gasteiger partial charge on any atom is -0.312 e. The third kappa shape index (κ3) is 5.75. The summed E-state index contributed by atoms with van der Waals surface area (Å²) in [6, 6.07) is 9.53. The lowest BCUT2D eigenvalue weighted by molar-refractivity contribution is 0.292. The van der Waals surface area contributed by atoms with Crippen LogP contribution in [0.15, 0.2) is 24.3 Å². The summed E-state index contributed by atoms with van der Waals surface area (Å²) in [6.07, 6.45) is 4.94. The first kappa shape index (κ1) is 16.2. The monoisotopic (exact) mass is 262 g/mol. The van der Waals surface area contributed by atoms with Crippen LogP contribution in [0.3, 0.4) is 0 Å². The summed E-state index contributed by atoms with van der Waals surface area (Å²) in [5.74, 6) is 0. The van der Waals surface area contributed by atoms with E-state index in [0.29, 0.717) is 6.04 Å². The van der Waals surface area contributed by atoms with Gasteiger partial charge in [0.2, 0.25) is 0 Å². The van der Waals surface area contributed by atoms with Crippen LogP contribution in [0, 0.1) is 0 Å². The van der Waals surface area contributed by atoms with Gasteiger partial charge in [-0.2, -0.15) is 0 Å². The largest absolute Gasteiger partial charge is 0.312 e. The number of hydrogen-bond donors (Lipinski definition) is 1. The van der Waals surface area contributed by atoms with Crippen LogP contribution >= 0.6 is 0 Å². The molecule has 0 saturated carbocycles. The van der Waals surface area contributed by atoms with Crippen LogP contribution in [0.1, 0.15) is 50.3 Å². The van der Waals surface area contributed by atoms with Crippen LogP contribution in [0.2, 0.25) is 0 Å². The van der Waals surface area contributed by atoms with Gasteiger partial charge in [0.1, 0.15) is 0 Å². The highest BCUT2D eigenvalue weighted by atomic mass is 15.1. The van der Waals surface area contributed by atoms with Crippen molar-refractivity contribution >= 4 is 0 Å². The third-order valence-electron chi connectivity index (χ3n) is 3.66. The number of rotatable bonds is 9.